The molecule has 2 N–H and O–H groups in total. The van der Waals surface area contributed by atoms with E-state index in [4.69, 9.17) is 0 Å². The summed E-state index contributed by atoms with van der Waals surface area (Å²) in [5, 5.41) is 4.80. The number of imide groups is 1. The number of hydrogen-bond acceptors (Lipinski definition) is 5. The van der Waals surface area contributed by atoms with Gasteiger partial charge in [-0.2, -0.15) is 0 Å². The van der Waals surface area contributed by atoms with Crippen LogP contribution in [0.2, 0.25) is 0 Å². The summed E-state index contributed by atoms with van der Waals surface area (Å²) in [5.74, 6) is -1.55. The maximum absolute atomic E-state index is 13.1. The lowest BCUT2D eigenvalue weighted by atomic mass is 10.1. The van der Waals surface area contributed by atoms with Gasteiger partial charge in [0.25, 0.3) is 21.8 Å². The lowest BCUT2D eigenvalue weighted by Gasteiger charge is -2.19. The first-order chi connectivity index (χ1) is 16.3. The van der Waals surface area contributed by atoms with E-state index in [9.17, 15) is 22.8 Å². The lowest BCUT2D eigenvalue weighted by Crippen LogP contribution is -2.29. The average molecular weight is 474 g/mol. The van der Waals surface area contributed by atoms with Crippen molar-refractivity contribution in [3.05, 3.63) is 95.1 Å². The SMILES string of the molecule is O=C(C=Cc1ccc(S(=O)(=O)N2CCc3ccccc32)cc1)Nc1cccc2c1C(=O)NC2=O. The Hall–Kier alpha value is -4.24. The number of para-hydroxylation sites is 1. The van der Waals surface area contributed by atoms with E-state index >= 15 is 0 Å². The number of benzene rings is 3. The normalized spacial score (nSPS) is 14.8. The summed E-state index contributed by atoms with van der Waals surface area (Å²) in [5.41, 5.74) is 2.91. The standard InChI is InChI=1S/C25H19N3O5S/c29-22(26-20-6-3-5-19-23(20)25(31)27-24(19)30)13-10-16-8-11-18(12-9-16)34(32,33)28-15-14-17-4-1-2-7-21(17)28/h1-13H,14-15H2,(H,26,29)(H,27,30,31). The van der Waals surface area contributed by atoms with Gasteiger partial charge in [0, 0.05) is 12.6 Å². The molecule has 0 fully saturated rings. The summed E-state index contributed by atoms with van der Waals surface area (Å²) in [6.07, 6.45) is 3.48. The maximum atomic E-state index is 13.1. The largest absolute Gasteiger partial charge is 0.322 e. The number of amides is 3. The monoisotopic (exact) mass is 473 g/mol. The molecule has 0 radical (unpaired) electrons. The summed E-state index contributed by atoms with van der Waals surface area (Å²) in [6, 6.07) is 18.3. The molecule has 3 amide bonds. The summed E-state index contributed by atoms with van der Waals surface area (Å²) in [4.78, 5) is 36.3. The first kappa shape index (κ1) is 21.6. The van der Waals surface area contributed by atoms with Gasteiger partial charge in [-0.1, -0.05) is 36.4 Å². The number of anilines is 2. The number of carbonyl (C=O) groups excluding carboxylic acids is 3. The average Bonchev–Trinajstić information content (AvgIpc) is 3.40. The molecule has 0 saturated carbocycles. The Morgan fingerprint density at radius 3 is 2.50 bits per heavy atom. The molecule has 0 bridgehead atoms. The molecule has 0 atom stereocenters. The van der Waals surface area contributed by atoms with E-state index in [2.05, 4.69) is 10.6 Å². The summed E-state index contributed by atoms with van der Waals surface area (Å²) in [6.45, 7) is 0.399. The van der Waals surface area contributed by atoms with E-state index in [1.54, 1.807) is 30.3 Å². The minimum atomic E-state index is -3.69. The van der Waals surface area contributed by atoms with Gasteiger partial charge in [0.05, 0.1) is 27.4 Å². The molecule has 0 aliphatic carbocycles. The lowest BCUT2D eigenvalue weighted by molar-refractivity contribution is -0.111. The molecule has 0 unspecified atom stereocenters. The molecule has 8 nitrogen and oxygen atoms in total. The van der Waals surface area contributed by atoms with Gasteiger partial charge in [0.15, 0.2) is 0 Å². The van der Waals surface area contributed by atoms with Crippen molar-refractivity contribution in [1.82, 2.24) is 5.32 Å². The highest BCUT2D eigenvalue weighted by Gasteiger charge is 2.31. The van der Waals surface area contributed by atoms with Crippen LogP contribution in [0, 0.1) is 0 Å². The van der Waals surface area contributed by atoms with Crippen molar-refractivity contribution in [3.63, 3.8) is 0 Å². The summed E-state index contributed by atoms with van der Waals surface area (Å²) < 4.78 is 27.6. The molecule has 9 heteroatoms. The third-order valence-electron chi connectivity index (χ3n) is 5.76. The van der Waals surface area contributed by atoms with Crippen molar-refractivity contribution < 1.29 is 22.8 Å². The highest BCUT2D eigenvalue weighted by molar-refractivity contribution is 7.92. The Morgan fingerprint density at radius 2 is 1.71 bits per heavy atom. The molecule has 34 heavy (non-hydrogen) atoms. The Balaban J connectivity index is 1.30. The summed E-state index contributed by atoms with van der Waals surface area (Å²) in [7, 11) is -3.69. The Morgan fingerprint density at radius 1 is 0.941 bits per heavy atom. The van der Waals surface area contributed by atoms with Gasteiger partial charge < -0.3 is 5.32 Å². The second-order valence-electron chi connectivity index (χ2n) is 7.86. The van der Waals surface area contributed by atoms with Gasteiger partial charge in [0.2, 0.25) is 5.91 Å². The molecule has 5 rings (SSSR count). The van der Waals surface area contributed by atoms with Crippen molar-refractivity contribution in [2.75, 3.05) is 16.2 Å². The number of nitrogens with zero attached hydrogens (tertiary/aromatic N) is 1. The van der Waals surface area contributed by atoms with Gasteiger partial charge >= 0.3 is 0 Å². The number of carbonyl (C=O) groups is 3. The van der Waals surface area contributed by atoms with Crippen molar-refractivity contribution in [1.29, 1.82) is 0 Å². The third-order valence-corrected chi connectivity index (χ3v) is 7.59. The zero-order chi connectivity index (χ0) is 23.9. The van der Waals surface area contributed by atoms with Crippen LogP contribution < -0.4 is 14.9 Å². The second-order valence-corrected chi connectivity index (χ2v) is 9.72. The Labute approximate surface area is 196 Å². The van der Waals surface area contributed by atoms with Crippen LogP contribution in [-0.4, -0.2) is 32.7 Å². The van der Waals surface area contributed by atoms with Gasteiger partial charge in [-0.05, 0) is 54.0 Å². The molecular formula is C25H19N3O5S. The number of nitrogens with one attached hydrogen (secondary N) is 2. The maximum Gasteiger partial charge on any atom is 0.264 e. The highest BCUT2D eigenvalue weighted by Crippen LogP contribution is 2.32. The minimum absolute atomic E-state index is 0.132. The fraction of sp³-hybridized carbons (Fsp3) is 0.0800. The summed E-state index contributed by atoms with van der Waals surface area (Å²) >= 11 is 0. The molecule has 0 aromatic heterocycles. The molecular weight excluding hydrogens is 454 g/mol. The van der Waals surface area contributed by atoms with Crippen LogP contribution in [0.25, 0.3) is 6.08 Å². The number of sulfonamides is 1. The van der Waals surface area contributed by atoms with E-state index in [1.165, 1.54) is 34.7 Å². The minimum Gasteiger partial charge on any atom is -0.322 e. The highest BCUT2D eigenvalue weighted by atomic mass is 32.2. The van der Waals surface area contributed by atoms with Crippen LogP contribution in [0.4, 0.5) is 11.4 Å². The van der Waals surface area contributed by atoms with Crippen LogP contribution in [0.5, 0.6) is 0 Å². The molecule has 170 valence electrons. The first-order valence-electron chi connectivity index (χ1n) is 10.5. The number of hydrogen-bond donors (Lipinski definition) is 2. The Bertz CT molecular complexity index is 1480. The predicted molar refractivity (Wildman–Crippen MR) is 127 cm³/mol. The topological polar surface area (TPSA) is 113 Å². The second kappa shape index (κ2) is 8.27. The van der Waals surface area contributed by atoms with Crippen LogP contribution in [0.15, 0.2) is 77.7 Å². The van der Waals surface area contributed by atoms with Crippen molar-refractivity contribution in [3.8, 4) is 0 Å². The van der Waals surface area contributed by atoms with Crippen molar-refractivity contribution >= 4 is 45.2 Å². The molecule has 2 aliphatic heterocycles. The van der Waals surface area contributed by atoms with Crippen molar-refractivity contribution in [2.45, 2.75) is 11.3 Å². The van der Waals surface area contributed by atoms with E-state index < -0.39 is 27.7 Å². The molecule has 0 spiro atoms. The quantitative estimate of drug-likeness (QED) is 0.437. The van der Waals surface area contributed by atoms with Crippen LogP contribution in [0.3, 0.4) is 0 Å². The van der Waals surface area contributed by atoms with Crippen LogP contribution in [-0.2, 0) is 21.2 Å². The van der Waals surface area contributed by atoms with Gasteiger partial charge in [-0.25, -0.2) is 8.42 Å². The van der Waals surface area contributed by atoms with E-state index in [-0.39, 0.29) is 21.7 Å². The van der Waals surface area contributed by atoms with Crippen LogP contribution in [0.1, 0.15) is 31.8 Å². The molecule has 2 aliphatic rings. The van der Waals surface area contributed by atoms with Gasteiger partial charge in [0.1, 0.15) is 0 Å². The molecule has 0 saturated heterocycles. The van der Waals surface area contributed by atoms with Gasteiger partial charge in [-0.3, -0.25) is 24.0 Å². The molecule has 3 aromatic carbocycles. The number of fused-ring (bicyclic) bond motifs is 2. The smallest absolute Gasteiger partial charge is 0.264 e. The zero-order valence-electron chi connectivity index (χ0n) is 17.8. The van der Waals surface area contributed by atoms with Crippen molar-refractivity contribution in [2.24, 2.45) is 0 Å². The fourth-order valence-electron chi connectivity index (χ4n) is 4.11. The predicted octanol–water partition coefficient (Wildman–Crippen LogP) is 2.97. The zero-order valence-corrected chi connectivity index (χ0v) is 18.6. The third kappa shape index (κ3) is 3.75. The van der Waals surface area contributed by atoms with E-state index in [1.807, 2.05) is 18.2 Å². The van der Waals surface area contributed by atoms with Gasteiger partial charge in [-0.15, -0.1) is 0 Å². The van der Waals surface area contributed by atoms with E-state index in [0.29, 0.717) is 24.2 Å². The number of rotatable bonds is 5. The fourth-order valence-corrected chi connectivity index (χ4v) is 5.61. The molecule has 3 aromatic rings. The first-order valence-corrected chi connectivity index (χ1v) is 12.0. The molecule has 2 heterocycles. The Kier molecular flexibility index (Phi) is 5.25. The van der Waals surface area contributed by atoms with E-state index in [0.717, 1.165) is 5.56 Å². The van der Waals surface area contributed by atoms with Crippen LogP contribution >= 0.6 is 0 Å².